The van der Waals surface area contributed by atoms with Crippen LogP contribution in [0.3, 0.4) is 0 Å². The molecule has 2 aromatic rings. The predicted octanol–water partition coefficient (Wildman–Crippen LogP) is 2.35. The Bertz CT molecular complexity index is 876. The number of hydrogen-bond donors (Lipinski definition) is 1. The molecule has 31 heavy (non-hydrogen) atoms. The van der Waals surface area contributed by atoms with Crippen molar-refractivity contribution < 1.29 is 9.59 Å². The molecule has 2 fully saturated rings. The third kappa shape index (κ3) is 5.51. The molecule has 1 atom stereocenters. The van der Waals surface area contributed by atoms with Crippen LogP contribution in [-0.4, -0.2) is 72.3 Å². The molecule has 164 valence electrons. The van der Waals surface area contributed by atoms with Gasteiger partial charge in [0.1, 0.15) is 6.04 Å². The zero-order valence-electron chi connectivity index (χ0n) is 18.3. The molecule has 0 bridgehead atoms. The Labute approximate surface area is 184 Å². The van der Waals surface area contributed by atoms with Crippen LogP contribution in [-0.2, 0) is 17.9 Å². The summed E-state index contributed by atoms with van der Waals surface area (Å²) in [7, 11) is 2.17. The Balaban J connectivity index is 1.28. The molecule has 0 aliphatic carbocycles. The van der Waals surface area contributed by atoms with Gasteiger partial charge in [-0.15, -0.1) is 0 Å². The number of hydrogen-bond acceptors (Lipinski definition) is 4. The van der Waals surface area contributed by atoms with Gasteiger partial charge in [0.25, 0.3) is 5.91 Å². The second kappa shape index (κ2) is 10.1. The van der Waals surface area contributed by atoms with Crippen LogP contribution in [0.15, 0.2) is 54.6 Å². The van der Waals surface area contributed by atoms with E-state index in [4.69, 9.17) is 0 Å². The van der Waals surface area contributed by atoms with Crippen molar-refractivity contribution in [1.29, 1.82) is 0 Å². The Morgan fingerprint density at radius 1 is 0.903 bits per heavy atom. The lowest BCUT2D eigenvalue weighted by atomic mass is 10.1. The van der Waals surface area contributed by atoms with Gasteiger partial charge in [0.05, 0.1) is 0 Å². The molecular weight excluding hydrogens is 388 g/mol. The fourth-order valence-corrected chi connectivity index (χ4v) is 4.36. The number of likely N-dealkylation sites (tertiary alicyclic amines) is 1. The monoisotopic (exact) mass is 420 g/mol. The van der Waals surface area contributed by atoms with E-state index in [1.54, 1.807) is 17.0 Å². The SMILES string of the molecule is CN1CCN(Cc2ccc(CNC(=O)C3CCCN3C(=O)c3ccccc3)cc2)CC1. The zero-order chi connectivity index (χ0) is 21.6. The van der Waals surface area contributed by atoms with Gasteiger partial charge >= 0.3 is 0 Å². The number of nitrogens with one attached hydrogen (secondary N) is 1. The number of piperazine rings is 1. The lowest BCUT2D eigenvalue weighted by Gasteiger charge is -2.32. The van der Waals surface area contributed by atoms with Crippen LogP contribution >= 0.6 is 0 Å². The maximum absolute atomic E-state index is 12.8. The maximum atomic E-state index is 12.8. The Morgan fingerprint density at radius 3 is 2.29 bits per heavy atom. The molecule has 0 spiro atoms. The quantitative estimate of drug-likeness (QED) is 0.780. The van der Waals surface area contributed by atoms with Gasteiger partial charge < -0.3 is 15.1 Å². The van der Waals surface area contributed by atoms with Crippen molar-refractivity contribution in [3.05, 3.63) is 71.3 Å². The number of carbonyl (C=O) groups is 2. The van der Waals surface area contributed by atoms with Gasteiger partial charge in [-0.05, 0) is 43.1 Å². The molecule has 2 aromatic carbocycles. The van der Waals surface area contributed by atoms with E-state index < -0.39 is 0 Å². The van der Waals surface area contributed by atoms with Crippen LogP contribution in [0, 0.1) is 0 Å². The third-order valence-electron chi connectivity index (χ3n) is 6.33. The molecular formula is C25H32N4O2. The van der Waals surface area contributed by atoms with Crippen LogP contribution in [0.5, 0.6) is 0 Å². The van der Waals surface area contributed by atoms with Gasteiger partial charge in [0.2, 0.25) is 5.91 Å². The average molecular weight is 421 g/mol. The first-order valence-corrected chi connectivity index (χ1v) is 11.2. The first kappa shape index (κ1) is 21.5. The minimum absolute atomic E-state index is 0.0634. The molecule has 2 amide bonds. The van der Waals surface area contributed by atoms with E-state index in [0.717, 1.165) is 44.7 Å². The van der Waals surface area contributed by atoms with Gasteiger partial charge in [-0.1, -0.05) is 42.5 Å². The highest BCUT2D eigenvalue weighted by atomic mass is 16.2. The minimum Gasteiger partial charge on any atom is -0.350 e. The summed E-state index contributed by atoms with van der Waals surface area (Å²) in [5, 5.41) is 3.03. The van der Waals surface area contributed by atoms with E-state index in [2.05, 4.69) is 46.4 Å². The molecule has 0 radical (unpaired) electrons. The Hall–Kier alpha value is -2.70. The first-order valence-electron chi connectivity index (χ1n) is 11.2. The molecule has 4 rings (SSSR count). The van der Waals surface area contributed by atoms with E-state index in [1.807, 2.05) is 18.2 Å². The Morgan fingerprint density at radius 2 is 1.58 bits per heavy atom. The zero-order valence-corrected chi connectivity index (χ0v) is 18.3. The highest BCUT2D eigenvalue weighted by Crippen LogP contribution is 2.20. The number of amides is 2. The lowest BCUT2D eigenvalue weighted by Crippen LogP contribution is -2.45. The highest BCUT2D eigenvalue weighted by Gasteiger charge is 2.34. The number of rotatable bonds is 6. The largest absolute Gasteiger partial charge is 0.350 e. The lowest BCUT2D eigenvalue weighted by molar-refractivity contribution is -0.125. The van der Waals surface area contributed by atoms with Crippen molar-refractivity contribution in [3.63, 3.8) is 0 Å². The average Bonchev–Trinajstić information content (AvgIpc) is 3.30. The molecule has 0 saturated carbocycles. The highest BCUT2D eigenvalue weighted by molar-refractivity contribution is 5.97. The predicted molar refractivity (Wildman–Crippen MR) is 122 cm³/mol. The van der Waals surface area contributed by atoms with Gasteiger partial charge in [0, 0.05) is 51.4 Å². The second-order valence-electron chi connectivity index (χ2n) is 8.64. The smallest absolute Gasteiger partial charge is 0.254 e. The molecule has 6 nitrogen and oxygen atoms in total. The van der Waals surface area contributed by atoms with E-state index >= 15 is 0 Å². The van der Waals surface area contributed by atoms with Crippen LogP contribution in [0.25, 0.3) is 0 Å². The summed E-state index contributed by atoms with van der Waals surface area (Å²) in [4.78, 5) is 32.2. The minimum atomic E-state index is -0.385. The van der Waals surface area contributed by atoms with Gasteiger partial charge in [-0.2, -0.15) is 0 Å². The Kier molecular flexibility index (Phi) is 6.99. The van der Waals surface area contributed by atoms with Gasteiger partial charge in [-0.3, -0.25) is 14.5 Å². The topological polar surface area (TPSA) is 55.9 Å². The van der Waals surface area contributed by atoms with Crippen molar-refractivity contribution in [2.45, 2.75) is 32.0 Å². The van der Waals surface area contributed by atoms with Crippen molar-refractivity contribution in [2.75, 3.05) is 39.8 Å². The molecule has 1 unspecified atom stereocenters. The summed E-state index contributed by atoms with van der Waals surface area (Å²) < 4.78 is 0. The molecule has 2 heterocycles. The summed E-state index contributed by atoms with van der Waals surface area (Å²) in [6.07, 6.45) is 1.58. The van der Waals surface area contributed by atoms with Crippen LogP contribution in [0.2, 0.25) is 0 Å². The van der Waals surface area contributed by atoms with Crippen LogP contribution in [0.4, 0.5) is 0 Å². The van der Waals surface area contributed by atoms with E-state index in [-0.39, 0.29) is 17.9 Å². The standard InChI is InChI=1S/C25H32N4O2/c1-27-14-16-28(17-15-27)19-21-11-9-20(10-12-21)18-26-24(30)23-8-5-13-29(23)25(31)22-6-3-2-4-7-22/h2-4,6-7,9-12,23H,5,8,13-19H2,1H3,(H,26,30). The second-order valence-corrected chi connectivity index (χ2v) is 8.64. The summed E-state index contributed by atoms with van der Waals surface area (Å²) in [6, 6.07) is 17.3. The maximum Gasteiger partial charge on any atom is 0.254 e. The van der Waals surface area contributed by atoms with Crippen LogP contribution < -0.4 is 5.32 Å². The summed E-state index contributed by atoms with van der Waals surface area (Å²) in [5.74, 6) is -0.130. The van der Waals surface area contributed by atoms with Crippen LogP contribution in [0.1, 0.15) is 34.3 Å². The number of carbonyl (C=O) groups excluding carboxylic acids is 2. The molecule has 2 aliphatic rings. The number of nitrogens with zero attached hydrogens (tertiary/aromatic N) is 3. The molecule has 1 N–H and O–H groups in total. The molecule has 0 aromatic heterocycles. The number of benzene rings is 2. The van der Waals surface area contributed by atoms with Crippen molar-refractivity contribution in [3.8, 4) is 0 Å². The fourth-order valence-electron chi connectivity index (χ4n) is 4.36. The van der Waals surface area contributed by atoms with Crippen molar-refractivity contribution in [1.82, 2.24) is 20.0 Å². The van der Waals surface area contributed by atoms with Gasteiger partial charge in [-0.25, -0.2) is 0 Å². The molecule has 2 saturated heterocycles. The van der Waals surface area contributed by atoms with E-state index in [0.29, 0.717) is 25.1 Å². The van der Waals surface area contributed by atoms with E-state index in [1.165, 1.54) is 5.56 Å². The van der Waals surface area contributed by atoms with Gasteiger partial charge in [0.15, 0.2) is 0 Å². The summed E-state index contributed by atoms with van der Waals surface area (Å²) in [5.41, 5.74) is 3.02. The normalized spacial score (nSPS) is 20.0. The molecule has 6 heteroatoms. The van der Waals surface area contributed by atoms with Crippen molar-refractivity contribution in [2.24, 2.45) is 0 Å². The fraction of sp³-hybridized carbons (Fsp3) is 0.440. The number of likely N-dealkylation sites (N-methyl/N-ethyl adjacent to an activating group) is 1. The van der Waals surface area contributed by atoms with Crippen molar-refractivity contribution >= 4 is 11.8 Å². The first-order chi connectivity index (χ1) is 15.1. The third-order valence-corrected chi connectivity index (χ3v) is 6.33. The summed E-state index contributed by atoms with van der Waals surface area (Å²) >= 11 is 0. The molecule has 2 aliphatic heterocycles. The van der Waals surface area contributed by atoms with E-state index in [9.17, 15) is 9.59 Å². The summed E-state index contributed by atoms with van der Waals surface area (Å²) in [6.45, 7) is 6.54.